The number of halogens is 6. The van der Waals surface area contributed by atoms with Gasteiger partial charge >= 0.3 is 30.1 Å². The number of nitrogens with zero attached hydrogens (tertiary/aromatic N) is 1. The van der Waals surface area contributed by atoms with Crippen molar-refractivity contribution in [3.8, 4) is 0 Å². The molecule has 0 saturated heterocycles. The second kappa shape index (κ2) is 11.2. The molecule has 2 amide bonds. The maximum atomic E-state index is 12.1. The number of ether oxygens (including phenoxy) is 1. The lowest BCUT2D eigenvalue weighted by Crippen LogP contribution is -2.41. The molecule has 0 atom stereocenters. The van der Waals surface area contributed by atoms with E-state index in [9.17, 15) is 40.7 Å². The Balaban J connectivity index is 4.55. The number of carbonyl (C=O) groups is 3. The van der Waals surface area contributed by atoms with Gasteiger partial charge in [0.2, 0.25) is 0 Å². The Morgan fingerprint density at radius 3 is 1.48 bits per heavy atom. The van der Waals surface area contributed by atoms with E-state index in [-0.39, 0.29) is 45.6 Å². The first-order valence-electron chi connectivity index (χ1n) is 8.66. The molecular weight excluding hydrogens is 412 g/mol. The molecule has 7 nitrogen and oxygen atoms in total. The van der Waals surface area contributed by atoms with Gasteiger partial charge in [0, 0.05) is 26.2 Å². The minimum atomic E-state index is -5.01. The summed E-state index contributed by atoms with van der Waals surface area (Å²) in [7, 11) is 0. The van der Waals surface area contributed by atoms with Crippen molar-refractivity contribution in [3.63, 3.8) is 0 Å². The van der Waals surface area contributed by atoms with Gasteiger partial charge in [0.05, 0.1) is 6.54 Å². The van der Waals surface area contributed by atoms with Gasteiger partial charge in [-0.15, -0.1) is 0 Å². The summed E-state index contributed by atoms with van der Waals surface area (Å²) in [5.74, 6) is -4.81. The second-order valence-electron chi connectivity index (χ2n) is 7.08. The van der Waals surface area contributed by atoms with Gasteiger partial charge in [-0.2, -0.15) is 26.3 Å². The molecule has 0 radical (unpaired) electrons. The lowest BCUT2D eigenvalue weighted by Gasteiger charge is -2.25. The van der Waals surface area contributed by atoms with Crippen LogP contribution < -0.4 is 10.6 Å². The van der Waals surface area contributed by atoms with Crippen LogP contribution in [0.2, 0.25) is 0 Å². The summed E-state index contributed by atoms with van der Waals surface area (Å²) in [4.78, 5) is 34.9. The van der Waals surface area contributed by atoms with E-state index in [1.165, 1.54) is 4.90 Å². The van der Waals surface area contributed by atoms with E-state index < -0.39 is 35.7 Å². The Bertz CT molecular complexity index is 524. The highest BCUT2D eigenvalue weighted by Crippen LogP contribution is 2.14. The van der Waals surface area contributed by atoms with Crippen LogP contribution in [-0.4, -0.2) is 73.4 Å². The van der Waals surface area contributed by atoms with E-state index in [0.29, 0.717) is 0 Å². The van der Waals surface area contributed by atoms with Crippen LogP contribution >= 0.6 is 0 Å². The molecule has 0 unspecified atom stereocenters. The zero-order chi connectivity index (χ0) is 22.9. The summed E-state index contributed by atoms with van der Waals surface area (Å²) in [5.41, 5.74) is -0.774. The molecule has 0 fully saturated rings. The second-order valence-corrected chi connectivity index (χ2v) is 7.08. The summed E-state index contributed by atoms with van der Waals surface area (Å²) in [6.45, 7) is 4.17. The monoisotopic (exact) mass is 437 g/mol. The highest BCUT2D eigenvalue weighted by Gasteiger charge is 2.38. The lowest BCUT2D eigenvalue weighted by atomic mass is 10.2. The molecule has 0 aliphatic heterocycles. The minimum absolute atomic E-state index is 0.0551. The predicted molar refractivity (Wildman–Crippen MR) is 89.6 cm³/mol. The van der Waals surface area contributed by atoms with Gasteiger partial charge in [0.25, 0.3) is 0 Å². The number of alkyl halides is 6. The third-order valence-corrected chi connectivity index (χ3v) is 3.16. The average Bonchev–Trinajstić information content (AvgIpc) is 2.50. The fourth-order valence-corrected chi connectivity index (χ4v) is 2.04. The summed E-state index contributed by atoms with van der Waals surface area (Å²) in [6, 6.07) is 0. The van der Waals surface area contributed by atoms with Crippen molar-refractivity contribution in [1.29, 1.82) is 0 Å². The van der Waals surface area contributed by atoms with E-state index in [1.807, 2.05) is 0 Å². The summed E-state index contributed by atoms with van der Waals surface area (Å²) >= 11 is 0. The van der Waals surface area contributed by atoms with Crippen molar-refractivity contribution in [2.24, 2.45) is 0 Å². The normalized spacial score (nSPS) is 12.6. The van der Waals surface area contributed by atoms with Crippen LogP contribution in [0.15, 0.2) is 0 Å². The third-order valence-electron chi connectivity index (χ3n) is 3.16. The fraction of sp³-hybridized carbons (Fsp3) is 0.812. The molecular formula is C16H25F6N3O4. The Kier molecular flexibility index (Phi) is 10.4. The molecule has 170 valence electrons. The Labute approximate surface area is 164 Å². The van der Waals surface area contributed by atoms with Gasteiger partial charge in [-0.1, -0.05) is 0 Å². The quantitative estimate of drug-likeness (QED) is 0.309. The number of amides is 2. The first-order valence-corrected chi connectivity index (χ1v) is 8.66. The Morgan fingerprint density at radius 2 is 1.17 bits per heavy atom. The van der Waals surface area contributed by atoms with E-state index in [2.05, 4.69) is 0 Å². The molecule has 13 heteroatoms. The zero-order valence-corrected chi connectivity index (χ0v) is 16.3. The maximum absolute atomic E-state index is 12.1. The molecule has 2 N–H and O–H groups in total. The molecule has 0 aliphatic rings. The maximum Gasteiger partial charge on any atom is 0.471 e. The van der Waals surface area contributed by atoms with Gasteiger partial charge in [-0.3, -0.25) is 19.3 Å². The number of rotatable bonds is 10. The van der Waals surface area contributed by atoms with Crippen LogP contribution in [0.3, 0.4) is 0 Å². The molecule has 0 spiro atoms. The molecule has 0 aromatic heterocycles. The van der Waals surface area contributed by atoms with Gasteiger partial charge in [-0.05, 0) is 33.6 Å². The third kappa shape index (κ3) is 13.7. The Hall–Kier alpha value is -2.05. The van der Waals surface area contributed by atoms with Crippen molar-refractivity contribution in [1.82, 2.24) is 15.5 Å². The van der Waals surface area contributed by atoms with Crippen molar-refractivity contribution in [3.05, 3.63) is 0 Å². The van der Waals surface area contributed by atoms with Gasteiger partial charge in [-0.25, -0.2) is 0 Å². The standard InChI is InChI=1S/C16H25F6N3O4/c1-14(2,3)29-11(26)10-25(8-4-6-23-12(27)15(17,18)19)9-5-7-24-13(28)16(20,21)22/h4-10H2,1-3H3,(H,23,27)(H,24,28). The zero-order valence-electron chi connectivity index (χ0n) is 16.3. The minimum Gasteiger partial charge on any atom is -0.459 e. The van der Waals surface area contributed by atoms with Gasteiger partial charge < -0.3 is 15.4 Å². The van der Waals surface area contributed by atoms with Crippen LogP contribution in [0.1, 0.15) is 33.6 Å². The van der Waals surface area contributed by atoms with E-state index >= 15 is 0 Å². The summed E-state index contributed by atoms with van der Waals surface area (Å²) in [5, 5.41) is 3.36. The van der Waals surface area contributed by atoms with Crippen LogP contribution in [0, 0.1) is 0 Å². The van der Waals surface area contributed by atoms with Crippen LogP contribution in [-0.2, 0) is 19.1 Å². The Morgan fingerprint density at radius 1 is 0.793 bits per heavy atom. The highest BCUT2D eigenvalue weighted by atomic mass is 19.4. The van der Waals surface area contributed by atoms with Crippen LogP contribution in [0.5, 0.6) is 0 Å². The van der Waals surface area contributed by atoms with Gasteiger partial charge in [0.15, 0.2) is 0 Å². The first-order chi connectivity index (χ1) is 13.0. The molecule has 0 heterocycles. The van der Waals surface area contributed by atoms with Crippen molar-refractivity contribution < 1.29 is 45.5 Å². The highest BCUT2D eigenvalue weighted by molar-refractivity contribution is 5.81. The molecule has 0 aliphatic carbocycles. The fourth-order valence-electron chi connectivity index (χ4n) is 2.04. The van der Waals surface area contributed by atoms with Crippen molar-refractivity contribution >= 4 is 17.8 Å². The molecule has 29 heavy (non-hydrogen) atoms. The average molecular weight is 437 g/mol. The summed E-state index contributed by atoms with van der Waals surface area (Å²) in [6.07, 6.45) is -9.90. The van der Waals surface area contributed by atoms with Gasteiger partial charge in [0.1, 0.15) is 5.60 Å². The number of hydrogen-bond acceptors (Lipinski definition) is 5. The predicted octanol–water partition coefficient (Wildman–Crippen LogP) is 1.77. The van der Waals surface area contributed by atoms with Crippen molar-refractivity contribution in [2.75, 3.05) is 32.7 Å². The van der Waals surface area contributed by atoms with Crippen LogP contribution in [0.4, 0.5) is 26.3 Å². The molecule has 0 saturated carbocycles. The van der Waals surface area contributed by atoms with E-state index in [4.69, 9.17) is 4.74 Å². The van der Waals surface area contributed by atoms with Crippen LogP contribution in [0.25, 0.3) is 0 Å². The lowest BCUT2D eigenvalue weighted by molar-refractivity contribution is -0.173. The first kappa shape index (κ1) is 27.0. The number of esters is 1. The SMILES string of the molecule is CC(C)(C)OC(=O)CN(CCCNC(=O)C(F)(F)F)CCCNC(=O)C(F)(F)F. The largest absolute Gasteiger partial charge is 0.471 e. The number of carbonyl (C=O) groups excluding carboxylic acids is 3. The molecule has 0 aromatic carbocycles. The topological polar surface area (TPSA) is 87.7 Å². The number of nitrogens with one attached hydrogen (secondary N) is 2. The smallest absolute Gasteiger partial charge is 0.459 e. The van der Waals surface area contributed by atoms with Crippen molar-refractivity contribution in [2.45, 2.75) is 51.6 Å². The van der Waals surface area contributed by atoms with E-state index in [1.54, 1.807) is 31.4 Å². The number of hydrogen-bond donors (Lipinski definition) is 2. The molecule has 0 bridgehead atoms. The summed E-state index contributed by atoms with van der Waals surface area (Å²) < 4.78 is 77.9. The molecule has 0 rings (SSSR count). The van der Waals surface area contributed by atoms with E-state index in [0.717, 1.165) is 0 Å². The molecule has 0 aromatic rings.